The van der Waals surface area contributed by atoms with Crippen molar-refractivity contribution in [3.05, 3.63) is 88.4 Å². The maximum atomic E-state index is 12.5. The van der Waals surface area contributed by atoms with Crippen LogP contribution in [0.5, 0.6) is 17.2 Å². The molecular formula is C25H25ClN2O4. The lowest BCUT2D eigenvalue weighted by Crippen LogP contribution is -2.18. The Morgan fingerprint density at radius 3 is 2.38 bits per heavy atom. The molecule has 0 atom stereocenters. The van der Waals surface area contributed by atoms with Gasteiger partial charge in [-0.1, -0.05) is 35.9 Å². The molecule has 0 aliphatic carbocycles. The first-order valence-electron chi connectivity index (χ1n) is 10.3. The van der Waals surface area contributed by atoms with E-state index in [-0.39, 0.29) is 5.91 Å². The summed E-state index contributed by atoms with van der Waals surface area (Å²) in [6.07, 6.45) is 1.55. The number of nitrogens with zero attached hydrogens (tertiary/aromatic N) is 1. The predicted octanol–water partition coefficient (Wildman–Crippen LogP) is 5.48. The van der Waals surface area contributed by atoms with Crippen LogP contribution in [0.3, 0.4) is 0 Å². The minimum Gasteiger partial charge on any atom is -0.490 e. The van der Waals surface area contributed by atoms with E-state index in [1.54, 1.807) is 24.4 Å². The van der Waals surface area contributed by atoms with Crippen molar-refractivity contribution in [2.45, 2.75) is 20.5 Å². The minimum absolute atomic E-state index is 0.357. The molecule has 0 aromatic heterocycles. The molecule has 0 bridgehead atoms. The lowest BCUT2D eigenvalue weighted by Gasteiger charge is -2.12. The van der Waals surface area contributed by atoms with Gasteiger partial charge in [-0.3, -0.25) is 4.79 Å². The number of ether oxygens (including phenoxy) is 3. The molecule has 3 rings (SSSR count). The number of nitrogens with one attached hydrogen (secondary N) is 1. The Bertz CT molecular complexity index is 1070. The SMILES string of the molecule is CCOc1ccc(C(=O)N/N=C/c2ccccc2OCc2ccc(Cl)cc2)cc1OCC. The molecule has 1 N–H and O–H groups in total. The number of carbonyl (C=O) groups is 1. The first kappa shape index (κ1) is 23.2. The van der Waals surface area contributed by atoms with Crippen LogP contribution in [-0.2, 0) is 6.61 Å². The summed E-state index contributed by atoms with van der Waals surface area (Å²) >= 11 is 5.92. The standard InChI is InChI=1S/C25H25ClN2O4/c1-3-30-23-14-11-19(15-24(23)31-4-2)25(29)28-27-16-20-7-5-6-8-22(20)32-17-18-9-12-21(26)13-10-18/h5-16H,3-4,17H2,1-2H3,(H,28,29)/b27-16+. The highest BCUT2D eigenvalue weighted by Crippen LogP contribution is 2.28. The summed E-state index contributed by atoms with van der Waals surface area (Å²) in [5.41, 5.74) is 4.69. The smallest absolute Gasteiger partial charge is 0.271 e. The van der Waals surface area contributed by atoms with Crippen LogP contribution >= 0.6 is 11.6 Å². The van der Waals surface area contributed by atoms with Crippen LogP contribution in [0.15, 0.2) is 71.8 Å². The third-order valence-electron chi connectivity index (χ3n) is 4.40. The minimum atomic E-state index is -0.357. The van der Waals surface area contributed by atoms with E-state index < -0.39 is 0 Å². The van der Waals surface area contributed by atoms with E-state index in [9.17, 15) is 4.79 Å². The summed E-state index contributed by atoms with van der Waals surface area (Å²) in [6.45, 7) is 5.13. The molecule has 0 saturated heterocycles. The average molecular weight is 453 g/mol. The van der Waals surface area contributed by atoms with Gasteiger partial charge in [0.2, 0.25) is 0 Å². The van der Waals surface area contributed by atoms with Gasteiger partial charge in [0.05, 0.1) is 19.4 Å². The van der Waals surface area contributed by atoms with Crippen molar-refractivity contribution in [2.24, 2.45) is 5.10 Å². The number of benzene rings is 3. The van der Waals surface area contributed by atoms with Crippen molar-refractivity contribution in [2.75, 3.05) is 13.2 Å². The van der Waals surface area contributed by atoms with E-state index in [4.69, 9.17) is 25.8 Å². The quantitative estimate of drug-likeness (QED) is 0.326. The number of hydrazone groups is 1. The number of rotatable bonds is 10. The van der Waals surface area contributed by atoms with Gasteiger partial charge in [0, 0.05) is 16.1 Å². The zero-order valence-electron chi connectivity index (χ0n) is 18.0. The fourth-order valence-electron chi connectivity index (χ4n) is 2.88. The predicted molar refractivity (Wildman–Crippen MR) is 126 cm³/mol. The highest BCUT2D eigenvalue weighted by Gasteiger charge is 2.11. The number of halogens is 1. The second-order valence-corrected chi connectivity index (χ2v) is 7.12. The van der Waals surface area contributed by atoms with E-state index in [0.29, 0.717) is 47.7 Å². The summed E-state index contributed by atoms with van der Waals surface area (Å²) in [6, 6.07) is 19.9. The maximum Gasteiger partial charge on any atom is 0.271 e. The monoisotopic (exact) mass is 452 g/mol. The van der Waals surface area contributed by atoms with Gasteiger partial charge in [-0.15, -0.1) is 0 Å². The zero-order chi connectivity index (χ0) is 22.8. The summed E-state index contributed by atoms with van der Waals surface area (Å²) in [4.78, 5) is 12.5. The number of carbonyl (C=O) groups excluding carboxylic acids is 1. The summed E-state index contributed by atoms with van der Waals surface area (Å²) in [5.74, 6) is 1.41. The topological polar surface area (TPSA) is 69.2 Å². The summed E-state index contributed by atoms with van der Waals surface area (Å²) in [5, 5.41) is 4.76. The Hall–Kier alpha value is -3.51. The lowest BCUT2D eigenvalue weighted by molar-refractivity contribution is 0.0954. The largest absolute Gasteiger partial charge is 0.490 e. The molecule has 0 aliphatic heterocycles. The van der Waals surface area contributed by atoms with Crippen molar-refractivity contribution in [3.8, 4) is 17.2 Å². The highest BCUT2D eigenvalue weighted by atomic mass is 35.5. The molecule has 7 heteroatoms. The Morgan fingerprint density at radius 1 is 0.906 bits per heavy atom. The van der Waals surface area contributed by atoms with Gasteiger partial charge in [-0.05, 0) is 61.9 Å². The second-order valence-electron chi connectivity index (χ2n) is 6.68. The Labute approximate surface area is 192 Å². The third kappa shape index (κ3) is 6.49. The molecule has 0 spiro atoms. The van der Waals surface area contributed by atoms with Crippen molar-refractivity contribution >= 4 is 23.7 Å². The molecule has 0 radical (unpaired) electrons. The second kappa shape index (κ2) is 11.8. The fraction of sp³-hybridized carbons (Fsp3) is 0.200. The summed E-state index contributed by atoms with van der Waals surface area (Å²) < 4.78 is 17.0. The zero-order valence-corrected chi connectivity index (χ0v) is 18.8. The van der Waals surface area contributed by atoms with Gasteiger partial charge >= 0.3 is 0 Å². The molecule has 3 aromatic carbocycles. The molecule has 32 heavy (non-hydrogen) atoms. The lowest BCUT2D eigenvalue weighted by atomic mass is 10.2. The van der Waals surface area contributed by atoms with Crippen LogP contribution < -0.4 is 19.6 Å². The van der Waals surface area contributed by atoms with Crippen LogP contribution in [0.2, 0.25) is 5.02 Å². The van der Waals surface area contributed by atoms with E-state index in [1.165, 1.54) is 0 Å². The molecule has 0 unspecified atom stereocenters. The van der Waals surface area contributed by atoms with Gasteiger partial charge in [0.1, 0.15) is 12.4 Å². The number of hydrogen-bond acceptors (Lipinski definition) is 5. The van der Waals surface area contributed by atoms with Crippen molar-refractivity contribution in [3.63, 3.8) is 0 Å². The van der Waals surface area contributed by atoms with Crippen LogP contribution in [0.4, 0.5) is 0 Å². The van der Waals surface area contributed by atoms with Gasteiger partial charge in [0.15, 0.2) is 11.5 Å². The molecule has 3 aromatic rings. The van der Waals surface area contributed by atoms with Crippen LogP contribution in [0.25, 0.3) is 0 Å². The molecule has 0 heterocycles. The summed E-state index contributed by atoms with van der Waals surface area (Å²) in [7, 11) is 0. The molecular weight excluding hydrogens is 428 g/mol. The van der Waals surface area contributed by atoms with E-state index in [0.717, 1.165) is 11.1 Å². The first-order chi connectivity index (χ1) is 15.6. The number of amides is 1. The molecule has 0 fully saturated rings. The maximum absolute atomic E-state index is 12.5. The van der Waals surface area contributed by atoms with Crippen LogP contribution in [0, 0.1) is 0 Å². The van der Waals surface area contributed by atoms with Crippen molar-refractivity contribution in [1.82, 2.24) is 5.43 Å². The molecule has 1 amide bonds. The first-order valence-corrected chi connectivity index (χ1v) is 10.7. The fourth-order valence-corrected chi connectivity index (χ4v) is 3.00. The van der Waals surface area contributed by atoms with E-state index in [2.05, 4.69) is 10.5 Å². The van der Waals surface area contributed by atoms with Gasteiger partial charge < -0.3 is 14.2 Å². The molecule has 0 aliphatic rings. The van der Waals surface area contributed by atoms with E-state index in [1.807, 2.05) is 62.4 Å². The molecule has 0 saturated carbocycles. The number of hydrogen-bond donors (Lipinski definition) is 1. The van der Waals surface area contributed by atoms with Crippen LogP contribution in [-0.4, -0.2) is 25.3 Å². The van der Waals surface area contributed by atoms with Crippen LogP contribution in [0.1, 0.15) is 35.3 Å². The number of para-hydroxylation sites is 1. The Balaban J connectivity index is 1.65. The van der Waals surface area contributed by atoms with Crippen molar-refractivity contribution < 1.29 is 19.0 Å². The Kier molecular flexibility index (Phi) is 8.52. The van der Waals surface area contributed by atoms with Gasteiger partial charge in [-0.2, -0.15) is 5.10 Å². The third-order valence-corrected chi connectivity index (χ3v) is 4.65. The van der Waals surface area contributed by atoms with Gasteiger partial charge in [-0.25, -0.2) is 5.43 Å². The average Bonchev–Trinajstić information content (AvgIpc) is 2.81. The Morgan fingerprint density at radius 2 is 1.62 bits per heavy atom. The molecule has 6 nitrogen and oxygen atoms in total. The van der Waals surface area contributed by atoms with E-state index >= 15 is 0 Å². The normalized spacial score (nSPS) is 10.7. The van der Waals surface area contributed by atoms with Gasteiger partial charge in [0.25, 0.3) is 5.91 Å². The molecule has 166 valence electrons. The van der Waals surface area contributed by atoms with Crippen molar-refractivity contribution in [1.29, 1.82) is 0 Å². The highest BCUT2D eigenvalue weighted by molar-refractivity contribution is 6.30.